The number of aliphatic carboxylic acids is 1. The van der Waals surface area contributed by atoms with Crippen LogP contribution in [0, 0.1) is 0 Å². The van der Waals surface area contributed by atoms with E-state index in [-0.39, 0.29) is 0 Å². The molecule has 3 heteroatoms. The molecule has 0 aliphatic heterocycles. The molecule has 0 atom stereocenters. The van der Waals surface area contributed by atoms with Gasteiger partial charge in [-0.05, 0) is 19.3 Å². The van der Waals surface area contributed by atoms with Gasteiger partial charge in [0.1, 0.15) is 6.29 Å². The van der Waals surface area contributed by atoms with Crippen LogP contribution in [-0.2, 0) is 9.59 Å². The molecule has 3 nitrogen and oxygen atoms in total. The van der Waals surface area contributed by atoms with Crippen LogP contribution in [0.2, 0.25) is 0 Å². The van der Waals surface area contributed by atoms with E-state index in [1.807, 2.05) is 13.8 Å². The molecule has 0 heterocycles. The molecule has 0 unspecified atom stereocenters. The molecule has 0 spiro atoms. The van der Waals surface area contributed by atoms with Crippen LogP contribution in [0.5, 0.6) is 0 Å². The number of aldehydes is 1. The highest BCUT2D eigenvalue weighted by molar-refractivity contribution is 5.95. The number of hydrogen-bond acceptors (Lipinski definition) is 2. The lowest BCUT2D eigenvalue weighted by molar-refractivity contribution is -0.133. The van der Waals surface area contributed by atoms with Crippen molar-refractivity contribution in [3.63, 3.8) is 0 Å². The zero-order valence-electron chi connectivity index (χ0n) is 7.46. The van der Waals surface area contributed by atoms with Crippen molar-refractivity contribution in [3.8, 4) is 0 Å². The van der Waals surface area contributed by atoms with Gasteiger partial charge in [0, 0.05) is 11.1 Å². The molecule has 1 aliphatic carbocycles. The quantitative estimate of drug-likeness (QED) is 0.642. The van der Waals surface area contributed by atoms with Gasteiger partial charge in [-0.3, -0.25) is 4.79 Å². The van der Waals surface area contributed by atoms with Crippen LogP contribution in [-0.4, -0.2) is 17.4 Å². The Hall–Kier alpha value is -1.12. The van der Waals surface area contributed by atoms with E-state index in [2.05, 4.69) is 0 Å². The average Bonchev–Trinajstić information content (AvgIpc) is 2.55. The molecule has 0 aromatic heterocycles. The maximum absolute atomic E-state index is 10.4. The first-order valence-corrected chi connectivity index (χ1v) is 4.16. The fourth-order valence-electron chi connectivity index (χ4n) is 1.14. The minimum atomic E-state index is -0.945. The molecule has 1 rings (SSSR count). The molecule has 0 saturated heterocycles. The van der Waals surface area contributed by atoms with Gasteiger partial charge in [0.2, 0.25) is 0 Å². The highest BCUT2D eigenvalue weighted by Crippen LogP contribution is 2.23. The molecule has 1 aliphatic rings. The van der Waals surface area contributed by atoms with Crippen molar-refractivity contribution in [2.75, 3.05) is 0 Å². The molecule has 0 amide bonds. The van der Waals surface area contributed by atoms with Crippen LogP contribution in [0.4, 0.5) is 0 Å². The third-order valence-corrected chi connectivity index (χ3v) is 1.66. The lowest BCUT2D eigenvalue weighted by Gasteiger charge is -1.91. The van der Waals surface area contributed by atoms with Crippen molar-refractivity contribution >= 4 is 12.3 Å². The normalized spacial score (nSPS) is 15.2. The summed E-state index contributed by atoms with van der Waals surface area (Å²) >= 11 is 0. The Morgan fingerprint density at radius 1 is 1.42 bits per heavy atom. The summed E-state index contributed by atoms with van der Waals surface area (Å²) in [5.74, 6) is -0.945. The second-order valence-corrected chi connectivity index (χ2v) is 2.28. The minimum Gasteiger partial charge on any atom is -0.478 e. The number of carboxylic acids is 1. The molecule has 0 radical (unpaired) electrons. The maximum atomic E-state index is 10.4. The zero-order chi connectivity index (χ0) is 9.56. The number of carboxylic acid groups (broad SMARTS) is 1. The number of carbonyl (C=O) groups is 2. The van der Waals surface area contributed by atoms with E-state index in [0.717, 1.165) is 6.42 Å². The van der Waals surface area contributed by atoms with Gasteiger partial charge >= 0.3 is 5.97 Å². The van der Waals surface area contributed by atoms with Crippen LogP contribution in [0.1, 0.15) is 33.1 Å². The number of carbonyl (C=O) groups excluding carboxylic acids is 1. The molecular formula is C9H14O3. The first-order valence-electron chi connectivity index (χ1n) is 4.16. The Labute approximate surface area is 72.1 Å². The maximum Gasteiger partial charge on any atom is 0.331 e. The Morgan fingerprint density at radius 3 is 2.33 bits per heavy atom. The molecule has 0 bridgehead atoms. The molecular weight excluding hydrogens is 156 g/mol. The molecule has 0 aromatic carbocycles. The van der Waals surface area contributed by atoms with Crippen LogP contribution < -0.4 is 0 Å². The zero-order valence-corrected chi connectivity index (χ0v) is 7.46. The van der Waals surface area contributed by atoms with E-state index in [0.29, 0.717) is 30.3 Å². The largest absolute Gasteiger partial charge is 0.478 e. The third kappa shape index (κ3) is 2.49. The summed E-state index contributed by atoms with van der Waals surface area (Å²) in [5.41, 5.74) is 0.766. The Balaban J connectivity index is 0.000000561. The highest BCUT2D eigenvalue weighted by Gasteiger charge is 2.18. The van der Waals surface area contributed by atoms with Crippen molar-refractivity contribution in [1.29, 1.82) is 0 Å². The summed E-state index contributed by atoms with van der Waals surface area (Å²) in [5, 5.41) is 8.50. The second-order valence-electron chi connectivity index (χ2n) is 2.28. The highest BCUT2D eigenvalue weighted by atomic mass is 16.4. The first-order chi connectivity index (χ1) is 5.75. The van der Waals surface area contributed by atoms with Gasteiger partial charge in [0.25, 0.3) is 0 Å². The van der Waals surface area contributed by atoms with E-state index in [9.17, 15) is 9.59 Å². The van der Waals surface area contributed by atoms with Crippen LogP contribution in [0.3, 0.4) is 0 Å². The lowest BCUT2D eigenvalue weighted by atomic mass is 10.2. The van der Waals surface area contributed by atoms with Crippen LogP contribution in [0.25, 0.3) is 0 Å². The topological polar surface area (TPSA) is 54.4 Å². The standard InChI is InChI=1S/C7H8O3.C2H6/c8-4-5-2-1-3-6(5)7(9)10;1-2/h4H,1-3H2,(H,9,10);1-2H3. The number of rotatable bonds is 2. The third-order valence-electron chi connectivity index (χ3n) is 1.66. The van der Waals surface area contributed by atoms with Crippen molar-refractivity contribution in [1.82, 2.24) is 0 Å². The summed E-state index contributed by atoms with van der Waals surface area (Å²) in [7, 11) is 0. The Bertz CT molecular complexity index is 204. The Kier molecular flexibility index (Phi) is 5.00. The lowest BCUT2D eigenvalue weighted by Crippen LogP contribution is -1.99. The SMILES string of the molecule is CC.O=CC1=C(C(=O)O)CCC1. The summed E-state index contributed by atoms with van der Waals surface area (Å²) in [4.78, 5) is 20.6. The van der Waals surface area contributed by atoms with Gasteiger partial charge in [-0.15, -0.1) is 0 Å². The Morgan fingerprint density at radius 2 is 2.00 bits per heavy atom. The van der Waals surface area contributed by atoms with Crippen LogP contribution >= 0.6 is 0 Å². The van der Waals surface area contributed by atoms with Crippen LogP contribution in [0.15, 0.2) is 11.1 Å². The molecule has 0 saturated carbocycles. The summed E-state index contributed by atoms with van der Waals surface area (Å²) in [6.07, 6.45) is 2.63. The van der Waals surface area contributed by atoms with E-state index in [4.69, 9.17) is 5.11 Å². The summed E-state index contributed by atoms with van der Waals surface area (Å²) in [6, 6.07) is 0. The van der Waals surface area contributed by atoms with Gasteiger partial charge in [-0.2, -0.15) is 0 Å². The predicted molar refractivity (Wildman–Crippen MR) is 45.9 cm³/mol. The molecule has 0 aromatic rings. The molecule has 0 fully saturated rings. The van der Waals surface area contributed by atoms with Crippen molar-refractivity contribution < 1.29 is 14.7 Å². The first kappa shape index (κ1) is 10.9. The number of hydrogen-bond donors (Lipinski definition) is 1. The monoisotopic (exact) mass is 170 g/mol. The smallest absolute Gasteiger partial charge is 0.331 e. The van der Waals surface area contributed by atoms with Gasteiger partial charge in [0.05, 0.1) is 0 Å². The second kappa shape index (κ2) is 5.52. The molecule has 1 N–H and O–H groups in total. The average molecular weight is 170 g/mol. The summed E-state index contributed by atoms with van der Waals surface area (Å²) in [6.45, 7) is 4.00. The van der Waals surface area contributed by atoms with E-state index in [1.54, 1.807) is 0 Å². The fraction of sp³-hybridized carbons (Fsp3) is 0.556. The summed E-state index contributed by atoms with van der Waals surface area (Å²) < 4.78 is 0. The number of allylic oxidation sites excluding steroid dienone is 1. The van der Waals surface area contributed by atoms with Gasteiger partial charge < -0.3 is 5.11 Å². The van der Waals surface area contributed by atoms with E-state index >= 15 is 0 Å². The van der Waals surface area contributed by atoms with Gasteiger partial charge in [-0.25, -0.2) is 4.79 Å². The van der Waals surface area contributed by atoms with E-state index < -0.39 is 5.97 Å². The van der Waals surface area contributed by atoms with E-state index in [1.165, 1.54) is 0 Å². The molecule has 12 heavy (non-hydrogen) atoms. The fourth-order valence-corrected chi connectivity index (χ4v) is 1.14. The minimum absolute atomic E-state index is 0.301. The van der Waals surface area contributed by atoms with Crippen molar-refractivity contribution in [3.05, 3.63) is 11.1 Å². The molecule has 68 valence electrons. The van der Waals surface area contributed by atoms with Crippen molar-refractivity contribution in [2.24, 2.45) is 0 Å². The van der Waals surface area contributed by atoms with Gasteiger partial charge in [0.15, 0.2) is 0 Å². The van der Waals surface area contributed by atoms with Gasteiger partial charge in [-0.1, -0.05) is 13.8 Å². The van der Waals surface area contributed by atoms with Crippen molar-refractivity contribution in [2.45, 2.75) is 33.1 Å². The predicted octanol–water partition coefficient (Wildman–Crippen LogP) is 1.78.